The van der Waals surface area contributed by atoms with Crippen LogP contribution in [0.15, 0.2) is 34.6 Å². The molecule has 0 fully saturated rings. The molecule has 0 aliphatic carbocycles. The highest BCUT2D eigenvalue weighted by atomic mass is 32.2. The summed E-state index contributed by atoms with van der Waals surface area (Å²) in [5.41, 5.74) is 0.766. The average molecular weight is 265 g/mol. The number of nitrogens with one attached hydrogen (secondary N) is 2. The highest BCUT2D eigenvalue weighted by molar-refractivity contribution is 7.98. The van der Waals surface area contributed by atoms with Crippen molar-refractivity contribution < 1.29 is 4.74 Å². The molecule has 2 heterocycles. The molecule has 0 aromatic carbocycles. The summed E-state index contributed by atoms with van der Waals surface area (Å²) in [5, 5.41) is 0.835. The number of aromatic nitrogens is 3. The van der Waals surface area contributed by atoms with Crippen molar-refractivity contribution in [3.8, 4) is 5.75 Å². The number of rotatable bonds is 6. The lowest BCUT2D eigenvalue weighted by Crippen LogP contribution is -2.09. The third kappa shape index (κ3) is 3.40. The molecule has 0 bridgehead atoms. The van der Waals surface area contributed by atoms with E-state index >= 15 is 0 Å². The number of thioether (sulfide) groups is 1. The molecule has 0 spiro atoms. The number of nitrogens with zero attached hydrogens (tertiary/aromatic N) is 1. The van der Waals surface area contributed by atoms with Gasteiger partial charge in [-0.1, -0.05) is 18.7 Å². The van der Waals surface area contributed by atoms with Crippen molar-refractivity contribution in [2.75, 3.05) is 6.61 Å². The van der Waals surface area contributed by atoms with Crippen LogP contribution in [0.25, 0.3) is 0 Å². The van der Waals surface area contributed by atoms with Crippen LogP contribution in [0.4, 0.5) is 0 Å². The fourth-order valence-electron chi connectivity index (χ4n) is 1.38. The van der Waals surface area contributed by atoms with Crippen LogP contribution < -0.4 is 10.2 Å². The van der Waals surface area contributed by atoms with Gasteiger partial charge in [0.15, 0.2) is 10.9 Å². The Hall–Kier alpha value is -1.69. The second-order valence-electron chi connectivity index (χ2n) is 3.72. The molecule has 0 saturated carbocycles. The second kappa shape index (κ2) is 6.30. The van der Waals surface area contributed by atoms with Crippen LogP contribution in [0.3, 0.4) is 0 Å². The molecule has 0 saturated heterocycles. The summed E-state index contributed by atoms with van der Waals surface area (Å²) >= 11 is 1.53. The SMILES string of the molecule is CCCOc1c[nH]c(CSc2ncc[nH]2)cc1=O. The highest BCUT2D eigenvalue weighted by Gasteiger charge is 2.03. The Labute approximate surface area is 109 Å². The van der Waals surface area contributed by atoms with Crippen molar-refractivity contribution in [2.24, 2.45) is 0 Å². The van der Waals surface area contributed by atoms with Gasteiger partial charge in [-0.15, -0.1) is 0 Å². The van der Waals surface area contributed by atoms with Crippen LogP contribution >= 0.6 is 11.8 Å². The van der Waals surface area contributed by atoms with E-state index in [1.165, 1.54) is 11.8 Å². The van der Waals surface area contributed by atoms with E-state index < -0.39 is 0 Å². The molecule has 2 N–H and O–H groups in total. The Morgan fingerprint density at radius 1 is 1.44 bits per heavy atom. The van der Waals surface area contributed by atoms with Gasteiger partial charge in [0.1, 0.15) is 0 Å². The number of ether oxygens (including phenoxy) is 1. The first-order valence-electron chi connectivity index (χ1n) is 5.76. The lowest BCUT2D eigenvalue weighted by atomic mass is 10.3. The van der Waals surface area contributed by atoms with Gasteiger partial charge in [-0.2, -0.15) is 0 Å². The third-order valence-electron chi connectivity index (χ3n) is 2.24. The molecule has 2 aromatic heterocycles. The molecule has 0 unspecified atom stereocenters. The summed E-state index contributed by atoms with van der Waals surface area (Å²) in [6, 6.07) is 1.57. The Bertz CT molecular complexity index is 537. The molecule has 5 nitrogen and oxygen atoms in total. The van der Waals surface area contributed by atoms with Crippen molar-refractivity contribution in [1.29, 1.82) is 0 Å². The Morgan fingerprint density at radius 3 is 3.00 bits per heavy atom. The van der Waals surface area contributed by atoms with E-state index in [0.717, 1.165) is 17.3 Å². The first-order chi connectivity index (χ1) is 8.79. The van der Waals surface area contributed by atoms with Crippen LogP contribution in [0.5, 0.6) is 5.75 Å². The minimum Gasteiger partial charge on any atom is -0.488 e. The fourth-order valence-corrected chi connectivity index (χ4v) is 2.13. The summed E-state index contributed by atoms with van der Waals surface area (Å²) < 4.78 is 5.32. The van der Waals surface area contributed by atoms with Gasteiger partial charge in [0.2, 0.25) is 5.43 Å². The van der Waals surface area contributed by atoms with Gasteiger partial charge in [-0.3, -0.25) is 4.79 Å². The Balaban J connectivity index is 1.98. The maximum absolute atomic E-state index is 11.7. The molecular weight excluding hydrogens is 250 g/mol. The van der Waals surface area contributed by atoms with E-state index in [1.807, 2.05) is 6.92 Å². The topological polar surface area (TPSA) is 70.8 Å². The van der Waals surface area contributed by atoms with E-state index in [0.29, 0.717) is 18.1 Å². The summed E-state index contributed by atoms with van der Waals surface area (Å²) in [5.74, 6) is 1.04. The van der Waals surface area contributed by atoms with Gasteiger partial charge in [0.05, 0.1) is 6.61 Å². The molecule has 0 aliphatic heterocycles. The molecule has 6 heteroatoms. The molecule has 2 rings (SSSR count). The monoisotopic (exact) mass is 265 g/mol. The van der Waals surface area contributed by atoms with Crippen LogP contribution in [-0.4, -0.2) is 21.6 Å². The van der Waals surface area contributed by atoms with Gasteiger partial charge >= 0.3 is 0 Å². The summed E-state index contributed by atoms with van der Waals surface area (Å²) in [7, 11) is 0. The van der Waals surface area contributed by atoms with Crippen molar-refractivity contribution in [3.63, 3.8) is 0 Å². The predicted molar refractivity (Wildman–Crippen MR) is 71.0 cm³/mol. The second-order valence-corrected chi connectivity index (χ2v) is 4.68. The van der Waals surface area contributed by atoms with Crippen molar-refractivity contribution in [3.05, 3.63) is 40.6 Å². The Kier molecular flexibility index (Phi) is 4.46. The molecule has 0 aliphatic rings. The van der Waals surface area contributed by atoms with Gasteiger partial charge in [-0.05, 0) is 6.42 Å². The Morgan fingerprint density at radius 2 is 2.33 bits per heavy atom. The van der Waals surface area contributed by atoms with Crippen LogP contribution in [0.2, 0.25) is 0 Å². The van der Waals surface area contributed by atoms with Crippen molar-refractivity contribution in [2.45, 2.75) is 24.3 Å². The van der Waals surface area contributed by atoms with Gasteiger partial charge in [0, 0.05) is 36.1 Å². The summed E-state index contributed by atoms with van der Waals surface area (Å²) in [6.45, 7) is 2.56. The first-order valence-corrected chi connectivity index (χ1v) is 6.74. The number of hydrogen-bond acceptors (Lipinski definition) is 4. The maximum atomic E-state index is 11.7. The van der Waals surface area contributed by atoms with E-state index in [4.69, 9.17) is 4.74 Å². The minimum absolute atomic E-state index is 0.0859. The fraction of sp³-hybridized carbons (Fsp3) is 0.333. The molecule has 18 heavy (non-hydrogen) atoms. The summed E-state index contributed by atoms with van der Waals surface area (Å²) in [6.07, 6.45) is 5.98. The largest absolute Gasteiger partial charge is 0.488 e. The predicted octanol–water partition coefficient (Wildman–Crippen LogP) is 2.18. The number of imidazole rings is 1. The van der Waals surface area contributed by atoms with Crippen molar-refractivity contribution in [1.82, 2.24) is 15.0 Å². The van der Waals surface area contributed by atoms with E-state index in [2.05, 4.69) is 15.0 Å². The zero-order chi connectivity index (χ0) is 12.8. The third-order valence-corrected chi connectivity index (χ3v) is 3.19. The lowest BCUT2D eigenvalue weighted by molar-refractivity contribution is 0.313. The molecule has 2 aromatic rings. The number of hydrogen-bond donors (Lipinski definition) is 2. The summed E-state index contributed by atoms with van der Waals surface area (Å²) in [4.78, 5) is 21.9. The van der Waals surface area contributed by atoms with E-state index in [1.54, 1.807) is 24.7 Å². The number of aromatic amines is 2. The van der Waals surface area contributed by atoms with E-state index in [-0.39, 0.29) is 5.43 Å². The molecule has 0 atom stereocenters. The normalized spacial score (nSPS) is 10.5. The number of pyridine rings is 1. The van der Waals surface area contributed by atoms with Crippen LogP contribution in [0.1, 0.15) is 19.0 Å². The average Bonchev–Trinajstić information content (AvgIpc) is 2.88. The van der Waals surface area contributed by atoms with Crippen LogP contribution in [-0.2, 0) is 5.75 Å². The molecule has 0 radical (unpaired) electrons. The quantitative estimate of drug-likeness (QED) is 0.785. The van der Waals surface area contributed by atoms with Gasteiger partial charge in [0.25, 0.3) is 0 Å². The molecule has 0 amide bonds. The van der Waals surface area contributed by atoms with E-state index in [9.17, 15) is 4.79 Å². The first kappa shape index (κ1) is 12.8. The molecule has 96 valence electrons. The zero-order valence-electron chi connectivity index (χ0n) is 10.1. The maximum Gasteiger partial charge on any atom is 0.223 e. The minimum atomic E-state index is -0.0859. The van der Waals surface area contributed by atoms with Crippen LogP contribution in [0, 0.1) is 0 Å². The van der Waals surface area contributed by atoms with Gasteiger partial charge in [-0.25, -0.2) is 4.98 Å². The number of H-pyrrole nitrogens is 2. The standard InChI is InChI=1S/C12H15N3O2S/c1-2-5-17-11-7-15-9(6-10(11)16)8-18-12-13-3-4-14-12/h3-4,6-7H,2,5,8H2,1H3,(H,13,14)(H,15,16). The lowest BCUT2D eigenvalue weighted by Gasteiger charge is -2.04. The zero-order valence-corrected chi connectivity index (χ0v) is 10.9. The molecular formula is C12H15N3O2S. The smallest absolute Gasteiger partial charge is 0.223 e. The highest BCUT2D eigenvalue weighted by Crippen LogP contribution is 2.17. The van der Waals surface area contributed by atoms with Gasteiger partial charge < -0.3 is 14.7 Å². The van der Waals surface area contributed by atoms with Crippen molar-refractivity contribution >= 4 is 11.8 Å².